The molecule has 0 saturated carbocycles. The Labute approximate surface area is 179 Å². The Balaban J connectivity index is 0.00000676. The highest BCUT2D eigenvalue weighted by atomic mass is 127. The fourth-order valence-electron chi connectivity index (χ4n) is 2.27. The van der Waals surface area contributed by atoms with Crippen molar-refractivity contribution in [2.45, 2.75) is 19.8 Å². The lowest BCUT2D eigenvalue weighted by atomic mass is 10.1. The Morgan fingerprint density at radius 2 is 1.78 bits per heavy atom. The van der Waals surface area contributed by atoms with Crippen LogP contribution in [0.4, 0.5) is 0 Å². The second-order valence-corrected chi connectivity index (χ2v) is 6.38. The number of nitrogens with one attached hydrogen (secondary N) is 2. The molecule has 2 amide bonds. The topological polar surface area (TPSA) is 77.0 Å². The van der Waals surface area contributed by atoms with Gasteiger partial charge in [-0.25, -0.2) is 0 Å². The highest BCUT2D eigenvalue weighted by Crippen LogP contribution is 2.07. The quantitative estimate of drug-likeness (QED) is 0.331. The van der Waals surface area contributed by atoms with Crippen LogP contribution >= 0.6 is 24.0 Å². The highest BCUT2D eigenvalue weighted by molar-refractivity contribution is 14.0. The molecule has 8 heteroatoms. The number of nitrogens with zero attached hydrogens (tertiary/aromatic N) is 3. The third-order valence-electron chi connectivity index (χ3n) is 3.72. The molecule has 2 N–H and O–H groups in total. The summed E-state index contributed by atoms with van der Waals surface area (Å²) in [5, 5.41) is 6.43. The van der Waals surface area contributed by atoms with Crippen LogP contribution in [0.5, 0.6) is 0 Å². The van der Waals surface area contributed by atoms with E-state index >= 15 is 0 Å². The lowest BCUT2D eigenvalue weighted by molar-refractivity contribution is -0.128. The Morgan fingerprint density at radius 1 is 1.07 bits per heavy atom. The molecule has 152 valence electrons. The van der Waals surface area contributed by atoms with Gasteiger partial charge in [-0.2, -0.15) is 0 Å². The molecule has 0 radical (unpaired) electrons. The van der Waals surface area contributed by atoms with Crippen molar-refractivity contribution in [2.24, 2.45) is 4.99 Å². The summed E-state index contributed by atoms with van der Waals surface area (Å²) >= 11 is 0. The van der Waals surface area contributed by atoms with Crippen molar-refractivity contribution < 1.29 is 9.59 Å². The lowest BCUT2D eigenvalue weighted by Crippen LogP contribution is -2.38. The van der Waals surface area contributed by atoms with Crippen molar-refractivity contribution >= 4 is 41.8 Å². The van der Waals surface area contributed by atoms with E-state index in [0.717, 1.165) is 18.5 Å². The molecule has 7 nitrogen and oxygen atoms in total. The van der Waals surface area contributed by atoms with E-state index in [1.54, 1.807) is 38.0 Å². The number of halogens is 1. The Hall–Kier alpha value is -1.84. The minimum atomic E-state index is 0. The first-order chi connectivity index (χ1) is 12.3. The second-order valence-electron chi connectivity index (χ2n) is 6.38. The van der Waals surface area contributed by atoms with Gasteiger partial charge in [-0.3, -0.25) is 14.6 Å². The van der Waals surface area contributed by atoms with Crippen molar-refractivity contribution in [3.8, 4) is 0 Å². The predicted molar refractivity (Wildman–Crippen MR) is 121 cm³/mol. The van der Waals surface area contributed by atoms with Gasteiger partial charge in [-0.05, 0) is 31.0 Å². The van der Waals surface area contributed by atoms with Gasteiger partial charge in [0.15, 0.2) is 5.96 Å². The zero-order valence-corrected chi connectivity index (χ0v) is 19.2. The van der Waals surface area contributed by atoms with Crippen molar-refractivity contribution in [1.82, 2.24) is 20.4 Å². The van der Waals surface area contributed by atoms with E-state index in [0.29, 0.717) is 31.0 Å². The molecule has 1 rings (SSSR count). The summed E-state index contributed by atoms with van der Waals surface area (Å²) in [6.07, 6.45) is 1.16. The SMILES string of the molecule is CCNC(=NCCC(=O)N(C)C)NCCc1cccc(C(=O)N(C)C)c1.I. The van der Waals surface area contributed by atoms with Crippen molar-refractivity contribution in [1.29, 1.82) is 0 Å². The van der Waals surface area contributed by atoms with Gasteiger partial charge in [-0.15, -0.1) is 24.0 Å². The van der Waals surface area contributed by atoms with E-state index in [-0.39, 0.29) is 35.8 Å². The molecule has 0 fully saturated rings. The van der Waals surface area contributed by atoms with Gasteiger partial charge in [-0.1, -0.05) is 12.1 Å². The number of rotatable bonds is 8. The number of benzene rings is 1. The average molecular weight is 489 g/mol. The summed E-state index contributed by atoms with van der Waals surface area (Å²) in [6, 6.07) is 7.66. The van der Waals surface area contributed by atoms with E-state index in [9.17, 15) is 9.59 Å². The fraction of sp³-hybridized carbons (Fsp3) is 0.526. The van der Waals surface area contributed by atoms with Crippen molar-refractivity contribution in [2.75, 3.05) is 47.8 Å². The molecule has 1 aromatic rings. The van der Waals surface area contributed by atoms with Crippen molar-refractivity contribution in [3.63, 3.8) is 0 Å². The minimum Gasteiger partial charge on any atom is -0.357 e. The largest absolute Gasteiger partial charge is 0.357 e. The van der Waals surface area contributed by atoms with Gasteiger partial charge in [0.1, 0.15) is 0 Å². The zero-order valence-electron chi connectivity index (χ0n) is 16.9. The van der Waals surface area contributed by atoms with E-state index in [4.69, 9.17) is 0 Å². The van der Waals surface area contributed by atoms with Crippen LogP contribution in [0.1, 0.15) is 29.3 Å². The van der Waals surface area contributed by atoms with Gasteiger partial charge >= 0.3 is 0 Å². The van der Waals surface area contributed by atoms with E-state index in [2.05, 4.69) is 15.6 Å². The van der Waals surface area contributed by atoms with E-state index in [1.165, 1.54) is 0 Å². The number of amides is 2. The molecule has 27 heavy (non-hydrogen) atoms. The lowest BCUT2D eigenvalue weighted by Gasteiger charge is -2.13. The summed E-state index contributed by atoms with van der Waals surface area (Å²) in [7, 11) is 6.98. The summed E-state index contributed by atoms with van der Waals surface area (Å²) in [4.78, 5) is 31.2. The first kappa shape index (κ1) is 25.2. The third kappa shape index (κ3) is 9.60. The second kappa shape index (κ2) is 13.3. The molecule has 0 spiro atoms. The molecular formula is C19H32IN5O2. The van der Waals surface area contributed by atoms with Gasteiger partial charge in [0, 0.05) is 53.3 Å². The van der Waals surface area contributed by atoms with Crippen LogP contribution in [0.15, 0.2) is 29.3 Å². The molecular weight excluding hydrogens is 457 g/mol. The molecule has 0 unspecified atom stereocenters. The van der Waals surface area contributed by atoms with E-state index < -0.39 is 0 Å². The molecule has 0 aliphatic heterocycles. The Morgan fingerprint density at radius 3 is 2.37 bits per heavy atom. The van der Waals surface area contributed by atoms with Gasteiger partial charge in [0.2, 0.25) is 5.91 Å². The molecule has 0 aliphatic rings. The third-order valence-corrected chi connectivity index (χ3v) is 3.72. The highest BCUT2D eigenvalue weighted by Gasteiger charge is 2.08. The van der Waals surface area contributed by atoms with Gasteiger partial charge in [0.05, 0.1) is 6.54 Å². The van der Waals surface area contributed by atoms with Crippen LogP contribution in [0.2, 0.25) is 0 Å². The molecule has 0 saturated heterocycles. The minimum absolute atomic E-state index is 0. The molecule has 0 aromatic heterocycles. The monoisotopic (exact) mass is 489 g/mol. The average Bonchev–Trinajstić information content (AvgIpc) is 2.61. The number of carbonyl (C=O) groups is 2. The standard InChI is InChI=1S/C19H31N5O2.HI/c1-6-20-19(22-13-11-17(25)23(2)3)21-12-10-15-8-7-9-16(14-15)18(26)24(4)5;/h7-9,14H,6,10-13H2,1-5H3,(H2,20,21,22);1H. The first-order valence-electron chi connectivity index (χ1n) is 8.88. The molecule has 1 aromatic carbocycles. The normalized spacial score (nSPS) is 10.6. The summed E-state index contributed by atoms with van der Waals surface area (Å²) in [5.41, 5.74) is 1.78. The Kier molecular flexibility index (Phi) is 12.4. The van der Waals surface area contributed by atoms with Crippen LogP contribution in [0, 0.1) is 0 Å². The molecule has 0 heterocycles. The maximum Gasteiger partial charge on any atom is 0.253 e. The number of carbonyl (C=O) groups excluding carboxylic acids is 2. The zero-order chi connectivity index (χ0) is 19.5. The molecule has 0 atom stereocenters. The molecule has 0 aliphatic carbocycles. The van der Waals surface area contributed by atoms with Crippen molar-refractivity contribution in [3.05, 3.63) is 35.4 Å². The maximum absolute atomic E-state index is 12.0. The van der Waals surface area contributed by atoms with Crippen LogP contribution in [-0.4, -0.2) is 75.4 Å². The van der Waals surface area contributed by atoms with Crippen LogP contribution < -0.4 is 10.6 Å². The van der Waals surface area contributed by atoms with Gasteiger partial charge in [0.25, 0.3) is 5.91 Å². The predicted octanol–water partition coefficient (Wildman–Crippen LogP) is 1.58. The molecule has 0 bridgehead atoms. The first-order valence-corrected chi connectivity index (χ1v) is 8.88. The number of hydrogen-bond acceptors (Lipinski definition) is 3. The van der Waals surface area contributed by atoms with Crippen LogP contribution in [-0.2, 0) is 11.2 Å². The fourth-order valence-corrected chi connectivity index (χ4v) is 2.27. The number of hydrogen-bond donors (Lipinski definition) is 2. The van der Waals surface area contributed by atoms with Crippen LogP contribution in [0.3, 0.4) is 0 Å². The summed E-state index contributed by atoms with van der Waals surface area (Å²) in [6.45, 7) is 3.88. The maximum atomic E-state index is 12.0. The smallest absolute Gasteiger partial charge is 0.253 e. The Bertz CT molecular complexity index is 632. The summed E-state index contributed by atoms with van der Waals surface area (Å²) < 4.78 is 0. The van der Waals surface area contributed by atoms with Crippen LogP contribution in [0.25, 0.3) is 0 Å². The summed E-state index contributed by atoms with van der Waals surface area (Å²) in [5.74, 6) is 0.756. The van der Waals surface area contributed by atoms with E-state index in [1.807, 2.05) is 31.2 Å². The number of aliphatic imine (C=N–C) groups is 1. The van der Waals surface area contributed by atoms with Gasteiger partial charge < -0.3 is 20.4 Å². The number of guanidine groups is 1.